The number of hydrogen-bond acceptors (Lipinski definition) is 3. The standard InChI is InChI=1S/C8H15NO3S/c1-9(2)13(11,12)8-5-3-4-7(8)6-10/h6-8H,3-5H2,1-2H3. The highest BCUT2D eigenvalue weighted by atomic mass is 32.2. The summed E-state index contributed by atoms with van der Waals surface area (Å²) in [5.74, 6) is -0.299. The van der Waals surface area contributed by atoms with Gasteiger partial charge in [0.05, 0.1) is 5.25 Å². The van der Waals surface area contributed by atoms with E-state index in [0.717, 1.165) is 12.7 Å². The number of sulfonamides is 1. The van der Waals surface area contributed by atoms with Crippen LogP contribution < -0.4 is 0 Å². The Bertz CT molecular complexity index is 284. The Morgan fingerprint density at radius 2 is 1.92 bits per heavy atom. The zero-order valence-corrected chi connectivity index (χ0v) is 8.75. The topological polar surface area (TPSA) is 54.5 Å². The minimum absolute atomic E-state index is 0.299. The smallest absolute Gasteiger partial charge is 0.217 e. The minimum atomic E-state index is -3.24. The fourth-order valence-electron chi connectivity index (χ4n) is 1.75. The zero-order valence-electron chi connectivity index (χ0n) is 7.93. The molecule has 0 aliphatic heterocycles. The van der Waals surface area contributed by atoms with Crippen molar-refractivity contribution in [1.29, 1.82) is 0 Å². The van der Waals surface area contributed by atoms with E-state index in [1.165, 1.54) is 18.4 Å². The van der Waals surface area contributed by atoms with Gasteiger partial charge in [0, 0.05) is 20.0 Å². The molecular formula is C8H15NO3S. The van der Waals surface area contributed by atoms with Crippen molar-refractivity contribution in [3.8, 4) is 0 Å². The molecule has 0 saturated heterocycles. The molecule has 0 heterocycles. The number of carbonyl (C=O) groups excluding carboxylic acids is 1. The summed E-state index contributed by atoms with van der Waals surface area (Å²) in [4.78, 5) is 10.6. The lowest BCUT2D eigenvalue weighted by Gasteiger charge is -2.19. The molecule has 1 aliphatic rings. The zero-order chi connectivity index (χ0) is 10.1. The van der Waals surface area contributed by atoms with Crippen molar-refractivity contribution in [3.05, 3.63) is 0 Å². The SMILES string of the molecule is CN(C)S(=O)(=O)C1CCCC1C=O. The predicted octanol–water partition coefficient (Wildman–Crippen LogP) is 0.245. The third-order valence-corrected chi connectivity index (χ3v) is 4.94. The fraction of sp³-hybridized carbons (Fsp3) is 0.875. The number of nitrogens with zero attached hydrogens (tertiary/aromatic N) is 1. The summed E-state index contributed by atoms with van der Waals surface area (Å²) >= 11 is 0. The minimum Gasteiger partial charge on any atom is -0.303 e. The van der Waals surface area contributed by atoms with Gasteiger partial charge in [0.2, 0.25) is 10.0 Å². The average molecular weight is 205 g/mol. The normalized spacial score (nSPS) is 29.5. The van der Waals surface area contributed by atoms with Crippen LogP contribution in [0.2, 0.25) is 0 Å². The maximum atomic E-state index is 11.7. The van der Waals surface area contributed by atoms with Crippen LogP contribution in [0.5, 0.6) is 0 Å². The van der Waals surface area contributed by atoms with Crippen molar-refractivity contribution in [3.63, 3.8) is 0 Å². The van der Waals surface area contributed by atoms with Crippen LogP contribution in [0.1, 0.15) is 19.3 Å². The molecule has 4 nitrogen and oxygen atoms in total. The summed E-state index contributed by atoms with van der Waals surface area (Å²) in [7, 11) is -0.217. The Hall–Kier alpha value is -0.420. The van der Waals surface area contributed by atoms with Gasteiger partial charge in [-0.15, -0.1) is 0 Å². The number of aldehydes is 1. The molecule has 0 bridgehead atoms. The van der Waals surface area contributed by atoms with Gasteiger partial charge in [0.15, 0.2) is 0 Å². The van der Waals surface area contributed by atoms with Gasteiger partial charge in [-0.2, -0.15) is 0 Å². The summed E-state index contributed by atoms with van der Waals surface area (Å²) in [5, 5.41) is -0.486. The molecule has 0 aromatic rings. The molecule has 0 N–H and O–H groups in total. The Labute approximate surface area is 79.0 Å². The van der Waals surface area contributed by atoms with Crippen molar-refractivity contribution >= 4 is 16.3 Å². The average Bonchev–Trinajstić information content (AvgIpc) is 2.51. The molecule has 0 aromatic heterocycles. The summed E-state index contributed by atoms with van der Waals surface area (Å²) in [6.07, 6.45) is 2.94. The number of hydrogen-bond donors (Lipinski definition) is 0. The van der Waals surface area contributed by atoms with Crippen LogP contribution in [0.25, 0.3) is 0 Å². The van der Waals surface area contributed by atoms with E-state index < -0.39 is 15.3 Å². The van der Waals surface area contributed by atoms with E-state index in [9.17, 15) is 13.2 Å². The summed E-state index contributed by atoms with van der Waals surface area (Å²) in [6, 6.07) is 0. The second kappa shape index (κ2) is 3.75. The fourth-order valence-corrected chi connectivity index (χ4v) is 3.40. The lowest BCUT2D eigenvalue weighted by molar-refractivity contribution is -0.110. The molecule has 0 spiro atoms. The Morgan fingerprint density at radius 3 is 2.38 bits per heavy atom. The van der Waals surface area contributed by atoms with Crippen molar-refractivity contribution < 1.29 is 13.2 Å². The van der Waals surface area contributed by atoms with Gasteiger partial charge in [-0.1, -0.05) is 6.42 Å². The lowest BCUT2D eigenvalue weighted by Crippen LogP contribution is -2.36. The first kappa shape index (κ1) is 10.7. The molecule has 1 aliphatic carbocycles. The predicted molar refractivity (Wildman–Crippen MR) is 49.8 cm³/mol. The molecule has 2 atom stereocenters. The molecule has 13 heavy (non-hydrogen) atoms. The van der Waals surface area contributed by atoms with E-state index in [0.29, 0.717) is 12.8 Å². The van der Waals surface area contributed by atoms with E-state index in [4.69, 9.17) is 0 Å². The second-order valence-electron chi connectivity index (χ2n) is 3.60. The highest BCUT2D eigenvalue weighted by molar-refractivity contribution is 7.89. The highest BCUT2D eigenvalue weighted by Gasteiger charge is 2.38. The Kier molecular flexibility index (Phi) is 3.08. The molecule has 0 amide bonds. The molecule has 0 radical (unpaired) electrons. The van der Waals surface area contributed by atoms with Crippen LogP contribution in [-0.2, 0) is 14.8 Å². The first-order chi connectivity index (χ1) is 6.00. The number of rotatable bonds is 3. The third-order valence-electron chi connectivity index (χ3n) is 2.57. The molecule has 76 valence electrons. The van der Waals surface area contributed by atoms with E-state index >= 15 is 0 Å². The molecule has 5 heteroatoms. The Balaban J connectivity index is 2.88. The van der Waals surface area contributed by atoms with Gasteiger partial charge < -0.3 is 4.79 Å². The maximum Gasteiger partial charge on any atom is 0.217 e. The van der Waals surface area contributed by atoms with E-state index in [1.807, 2.05) is 0 Å². The van der Waals surface area contributed by atoms with Crippen LogP contribution in [0, 0.1) is 5.92 Å². The molecule has 1 saturated carbocycles. The summed E-state index contributed by atoms with van der Waals surface area (Å²) in [6.45, 7) is 0. The van der Waals surface area contributed by atoms with Crippen LogP contribution in [0.4, 0.5) is 0 Å². The molecule has 1 rings (SSSR count). The molecular weight excluding hydrogens is 190 g/mol. The second-order valence-corrected chi connectivity index (χ2v) is 5.96. The summed E-state index contributed by atoms with van der Waals surface area (Å²) < 4.78 is 24.5. The van der Waals surface area contributed by atoms with Gasteiger partial charge in [0.1, 0.15) is 6.29 Å². The van der Waals surface area contributed by atoms with Crippen molar-refractivity contribution in [2.45, 2.75) is 24.5 Å². The highest BCUT2D eigenvalue weighted by Crippen LogP contribution is 2.30. The van der Waals surface area contributed by atoms with Crippen LogP contribution >= 0.6 is 0 Å². The monoisotopic (exact) mass is 205 g/mol. The largest absolute Gasteiger partial charge is 0.303 e. The van der Waals surface area contributed by atoms with E-state index in [1.54, 1.807) is 0 Å². The lowest BCUT2D eigenvalue weighted by atomic mass is 10.1. The van der Waals surface area contributed by atoms with Crippen molar-refractivity contribution in [1.82, 2.24) is 4.31 Å². The van der Waals surface area contributed by atoms with Gasteiger partial charge in [-0.25, -0.2) is 12.7 Å². The number of carbonyl (C=O) groups is 1. The van der Waals surface area contributed by atoms with Gasteiger partial charge in [-0.3, -0.25) is 0 Å². The molecule has 2 unspecified atom stereocenters. The van der Waals surface area contributed by atoms with Crippen LogP contribution in [-0.4, -0.2) is 38.4 Å². The Morgan fingerprint density at radius 1 is 1.31 bits per heavy atom. The van der Waals surface area contributed by atoms with Gasteiger partial charge in [-0.05, 0) is 12.8 Å². The molecule has 0 aromatic carbocycles. The maximum absolute atomic E-state index is 11.7. The van der Waals surface area contributed by atoms with Crippen molar-refractivity contribution in [2.24, 2.45) is 5.92 Å². The van der Waals surface area contributed by atoms with Crippen LogP contribution in [0.15, 0.2) is 0 Å². The third kappa shape index (κ3) is 1.91. The summed E-state index contributed by atoms with van der Waals surface area (Å²) in [5.41, 5.74) is 0. The van der Waals surface area contributed by atoms with Gasteiger partial charge in [0.25, 0.3) is 0 Å². The van der Waals surface area contributed by atoms with Crippen molar-refractivity contribution in [2.75, 3.05) is 14.1 Å². The quantitative estimate of drug-likeness (QED) is 0.620. The van der Waals surface area contributed by atoms with E-state index in [-0.39, 0.29) is 5.92 Å². The first-order valence-electron chi connectivity index (χ1n) is 4.36. The van der Waals surface area contributed by atoms with Crippen LogP contribution in [0.3, 0.4) is 0 Å². The first-order valence-corrected chi connectivity index (χ1v) is 5.87. The molecule has 1 fully saturated rings. The van der Waals surface area contributed by atoms with Gasteiger partial charge >= 0.3 is 0 Å². The van der Waals surface area contributed by atoms with E-state index in [2.05, 4.69) is 0 Å².